The Balaban J connectivity index is 2.98. The average Bonchev–Trinajstić information content (AvgIpc) is 2.41. The van der Waals surface area contributed by atoms with Gasteiger partial charge in [0.05, 0.1) is 0 Å². The number of halogens is 3. The highest BCUT2D eigenvalue weighted by Gasteiger charge is 2.43. The maximum absolute atomic E-state index is 6.31. The molecule has 0 aromatic heterocycles. The van der Waals surface area contributed by atoms with Crippen LogP contribution in [0.15, 0.2) is 30.3 Å². The van der Waals surface area contributed by atoms with Crippen molar-refractivity contribution in [1.82, 2.24) is 0 Å². The highest BCUT2D eigenvalue weighted by Crippen LogP contribution is 2.42. The Morgan fingerprint density at radius 1 is 1.00 bits per heavy atom. The summed E-state index contributed by atoms with van der Waals surface area (Å²) in [5, 5.41) is 0.0495. The number of alkyl halides is 3. The van der Waals surface area contributed by atoms with E-state index < -0.39 is 18.2 Å². The number of benzene rings is 1. The maximum atomic E-state index is 6.31. The predicted octanol–water partition coefficient (Wildman–Crippen LogP) is 7.58. The molecule has 1 aromatic rings. The van der Waals surface area contributed by atoms with E-state index >= 15 is 0 Å². The summed E-state index contributed by atoms with van der Waals surface area (Å²) in [6.45, 7) is 15.2. The van der Waals surface area contributed by atoms with E-state index in [1.165, 1.54) is 5.56 Å². The summed E-state index contributed by atoms with van der Waals surface area (Å²) in [7, 11) is -2.04. The largest absolute Gasteiger partial charge is 0.406 e. The molecule has 0 aliphatic rings. The number of hydrogen-bond acceptors (Lipinski definition) is 1. The van der Waals surface area contributed by atoms with E-state index in [-0.39, 0.29) is 5.04 Å². The van der Waals surface area contributed by atoms with E-state index in [2.05, 4.69) is 72.0 Å². The van der Waals surface area contributed by atoms with Crippen molar-refractivity contribution in [2.24, 2.45) is 0 Å². The van der Waals surface area contributed by atoms with Gasteiger partial charge in [0, 0.05) is 0 Å². The monoisotopic (exact) mass is 406 g/mol. The van der Waals surface area contributed by atoms with Crippen LogP contribution < -0.4 is 0 Å². The molecule has 0 aliphatic carbocycles. The molecular formula is C19H29Cl3OSi. The minimum atomic E-state index is -2.04. The van der Waals surface area contributed by atoms with E-state index in [1.54, 1.807) is 0 Å². The van der Waals surface area contributed by atoms with Gasteiger partial charge in [-0.1, -0.05) is 106 Å². The van der Waals surface area contributed by atoms with Gasteiger partial charge in [-0.05, 0) is 35.2 Å². The van der Waals surface area contributed by atoms with Crippen LogP contribution >= 0.6 is 34.8 Å². The highest BCUT2D eigenvalue weighted by atomic mass is 35.6. The van der Waals surface area contributed by atoms with Gasteiger partial charge in [-0.25, -0.2) is 0 Å². The summed E-state index contributed by atoms with van der Waals surface area (Å²) < 4.78 is 4.81. The molecule has 0 radical (unpaired) electrons. The maximum Gasteiger partial charge on any atom is 0.218 e. The van der Waals surface area contributed by atoms with Gasteiger partial charge in [0.25, 0.3) is 0 Å². The highest BCUT2D eigenvalue weighted by molar-refractivity contribution is 6.74. The van der Waals surface area contributed by atoms with Crippen LogP contribution in [0, 0.1) is 0 Å². The predicted molar refractivity (Wildman–Crippen MR) is 112 cm³/mol. The molecule has 0 N–H and O–H groups in total. The van der Waals surface area contributed by atoms with Gasteiger partial charge in [0.1, 0.15) is 6.10 Å². The third-order valence-electron chi connectivity index (χ3n) is 4.62. The third-order valence-corrected chi connectivity index (χ3v) is 9.72. The van der Waals surface area contributed by atoms with Crippen LogP contribution in [0.25, 0.3) is 6.08 Å². The lowest BCUT2D eigenvalue weighted by molar-refractivity contribution is 0.229. The first-order chi connectivity index (χ1) is 10.7. The van der Waals surface area contributed by atoms with Gasteiger partial charge >= 0.3 is 0 Å². The first-order valence-electron chi connectivity index (χ1n) is 8.27. The summed E-state index contributed by atoms with van der Waals surface area (Å²) in [6.07, 6.45) is 3.25. The fourth-order valence-electron chi connectivity index (χ4n) is 1.90. The Kier molecular flexibility index (Phi) is 7.47. The van der Waals surface area contributed by atoms with Crippen molar-refractivity contribution in [1.29, 1.82) is 0 Å². The Labute approximate surface area is 163 Å². The van der Waals surface area contributed by atoms with Crippen LogP contribution in [0.5, 0.6) is 0 Å². The molecule has 0 spiro atoms. The molecule has 0 bridgehead atoms. The van der Waals surface area contributed by atoms with Gasteiger partial charge in [-0.15, -0.1) is 0 Å². The molecule has 1 nitrogen and oxygen atoms in total. The molecule has 0 amide bonds. The standard InChI is InChI=1S/C19H29Cl3OSi/c1-14(2)16-11-8-15(9-12-16)10-13-17(19(20,21)22)23-24(6,7)18(3,4)5/h8-14,17H,1-7H3/b13-10+/t17-/m1/s1. The SMILES string of the molecule is CC(C)c1ccc(/C=C/[C@@H](O[Si](C)(C)C(C)(C)C)C(Cl)(Cl)Cl)cc1. The van der Waals surface area contributed by atoms with Crippen molar-refractivity contribution in [2.75, 3.05) is 0 Å². The van der Waals surface area contributed by atoms with Crippen molar-refractivity contribution in [2.45, 2.75) is 68.6 Å². The molecule has 1 rings (SSSR count). The summed E-state index contributed by atoms with van der Waals surface area (Å²) in [4.78, 5) is 0. The smallest absolute Gasteiger partial charge is 0.218 e. The molecule has 24 heavy (non-hydrogen) atoms. The van der Waals surface area contributed by atoms with Gasteiger partial charge < -0.3 is 4.43 Å². The van der Waals surface area contributed by atoms with Gasteiger partial charge in [-0.3, -0.25) is 0 Å². The summed E-state index contributed by atoms with van der Waals surface area (Å²) in [5.74, 6) is 0.513. The van der Waals surface area contributed by atoms with Crippen LogP contribution in [-0.4, -0.2) is 18.2 Å². The summed E-state index contributed by atoms with van der Waals surface area (Å²) >= 11 is 18.5. The summed E-state index contributed by atoms with van der Waals surface area (Å²) in [5.41, 5.74) is 2.38. The fraction of sp³-hybridized carbons (Fsp3) is 0.579. The van der Waals surface area contributed by atoms with Crippen LogP contribution in [0.4, 0.5) is 0 Å². The zero-order chi connectivity index (χ0) is 18.8. The molecule has 0 saturated heterocycles. The third kappa shape index (κ3) is 6.38. The van der Waals surface area contributed by atoms with Crippen molar-refractivity contribution in [3.05, 3.63) is 41.5 Å². The summed E-state index contributed by atoms with van der Waals surface area (Å²) in [6, 6.07) is 8.41. The molecule has 5 heteroatoms. The number of hydrogen-bond donors (Lipinski definition) is 0. The number of rotatable bonds is 5. The van der Waals surface area contributed by atoms with Crippen LogP contribution in [-0.2, 0) is 4.43 Å². The normalized spacial score (nSPS) is 15.3. The Hall–Kier alpha value is 0.00688. The van der Waals surface area contributed by atoms with Crippen molar-refractivity contribution in [3.8, 4) is 0 Å². The lowest BCUT2D eigenvalue weighted by Crippen LogP contribution is -2.46. The van der Waals surface area contributed by atoms with Gasteiger partial charge in [-0.2, -0.15) is 0 Å². The lowest BCUT2D eigenvalue weighted by Gasteiger charge is -2.40. The lowest BCUT2D eigenvalue weighted by atomic mass is 10.0. The van der Waals surface area contributed by atoms with E-state index in [4.69, 9.17) is 39.2 Å². The van der Waals surface area contributed by atoms with Gasteiger partial charge in [0.15, 0.2) is 8.32 Å². The zero-order valence-electron chi connectivity index (χ0n) is 15.7. The minimum Gasteiger partial charge on any atom is -0.406 e. The second-order valence-electron chi connectivity index (χ2n) is 8.02. The molecule has 0 heterocycles. The molecule has 1 atom stereocenters. The minimum absolute atomic E-state index is 0.0495. The first kappa shape index (κ1) is 22.0. The molecular weight excluding hydrogens is 379 g/mol. The molecule has 136 valence electrons. The Morgan fingerprint density at radius 3 is 1.88 bits per heavy atom. The topological polar surface area (TPSA) is 9.23 Å². The van der Waals surface area contributed by atoms with Crippen molar-refractivity contribution < 1.29 is 4.43 Å². The molecule has 1 aromatic carbocycles. The Morgan fingerprint density at radius 2 is 1.50 bits per heavy atom. The molecule has 0 fully saturated rings. The van der Waals surface area contributed by atoms with Crippen molar-refractivity contribution >= 4 is 49.2 Å². The second-order valence-corrected chi connectivity index (χ2v) is 15.1. The molecule has 0 unspecified atom stereocenters. The van der Waals surface area contributed by atoms with Crippen LogP contribution in [0.2, 0.25) is 18.1 Å². The fourth-order valence-corrected chi connectivity index (χ4v) is 3.72. The van der Waals surface area contributed by atoms with Crippen LogP contribution in [0.1, 0.15) is 51.7 Å². The van der Waals surface area contributed by atoms with E-state index in [1.807, 2.05) is 12.2 Å². The molecule has 0 saturated carbocycles. The van der Waals surface area contributed by atoms with Crippen LogP contribution in [0.3, 0.4) is 0 Å². The van der Waals surface area contributed by atoms with E-state index in [9.17, 15) is 0 Å². The molecule has 0 aliphatic heterocycles. The van der Waals surface area contributed by atoms with E-state index in [0.717, 1.165) is 5.56 Å². The van der Waals surface area contributed by atoms with E-state index in [0.29, 0.717) is 5.92 Å². The quantitative estimate of drug-likeness (QED) is 0.361. The average molecular weight is 408 g/mol. The first-order valence-corrected chi connectivity index (χ1v) is 12.3. The van der Waals surface area contributed by atoms with Crippen molar-refractivity contribution in [3.63, 3.8) is 0 Å². The Bertz CT molecular complexity index is 551. The second kappa shape index (κ2) is 8.14. The van der Waals surface area contributed by atoms with Gasteiger partial charge in [0.2, 0.25) is 3.79 Å². The zero-order valence-corrected chi connectivity index (χ0v) is 18.9.